The Morgan fingerprint density at radius 3 is 2.71 bits per heavy atom. The molecule has 2 heterocycles. The van der Waals surface area contributed by atoms with Gasteiger partial charge in [-0.3, -0.25) is 4.90 Å². The lowest BCUT2D eigenvalue weighted by Crippen LogP contribution is -2.54. The van der Waals surface area contributed by atoms with Crippen LogP contribution in [0.3, 0.4) is 0 Å². The summed E-state index contributed by atoms with van der Waals surface area (Å²) in [6.07, 6.45) is 3.67. The molecule has 1 fully saturated rings. The molecule has 7 nitrogen and oxygen atoms in total. The molecule has 1 aliphatic heterocycles. The normalized spacial score (nSPS) is 18.8. The third-order valence-corrected chi connectivity index (χ3v) is 3.88. The first kappa shape index (κ1) is 15.5. The summed E-state index contributed by atoms with van der Waals surface area (Å²) >= 11 is 0. The number of nitrogens with two attached hydrogens (primary N) is 1. The van der Waals surface area contributed by atoms with Gasteiger partial charge in [-0.25, -0.2) is 0 Å². The van der Waals surface area contributed by atoms with Gasteiger partial charge in [0.05, 0.1) is 12.2 Å². The van der Waals surface area contributed by atoms with Crippen molar-refractivity contribution in [2.45, 2.75) is 32.7 Å². The van der Waals surface area contributed by atoms with E-state index in [2.05, 4.69) is 38.1 Å². The molecule has 1 unspecified atom stereocenters. The lowest BCUT2D eigenvalue weighted by Gasteiger charge is -2.39. The molecule has 0 saturated carbocycles. The molecule has 2 rings (SSSR count). The first-order valence-corrected chi connectivity index (χ1v) is 7.41. The maximum absolute atomic E-state index is 8.93. The molecule has 1 aromatic rings. The number of oxime groups is 1. The number of hydrogen-bond donors (Lipinski definition) is 2. The number of amidine groups is 1. The van der Waals surface area contributed by atoms with Crippen LogP contribution in [-0.4, -0.2) is 58.4 Å². The molecule has 0 aromatic carbocycles. The molecule has 116 valence electrons. The lowest BCUT2D eigenvalue weighted by molar-refractivity contribution is 0.211. The molecule has 21 heavy (non-hydrogen) atoms. The van der Waals surface area contributed by atoms with Gasteiger partial charge in [-0.1, -0.05) is 18.5 Å². The summed E-state index contributed by atoms with van der Waals surface area (Å²) in [5, 5.41) is 20.3. The molecule has 1 aliphatic rings. The van der Waals surface area contributed by atoms with Gasteiger partial charge in [0.2, 0.25) is 0 Å². The fourth-order valence-corrected chi connectivity index (χ4v) is 2.72. The van der Waals surface area contributed by atoms with Crippen LogP contribution in [0.2, 0.25) is 0 Å². The van der Waals surface area contributed by atoms with Gasteiger partial charge in [-0.05, 0) is 25.0 Å². The number of nitrogens with zero attached hydrogens (tertiary/aromatic N) is 5. The minimum absolute atomic E-state index is 0.0192. The van der Waals surface area contributed by atoms with E-state index in [-0.39, 0.29) is 6.04 Å². The van der Waals surface area contributed by atoms with Gasteiger partial charge in [0.1, 0.15) is 0 Å². The summed E-state index contributed by atoms with van der Waals surface area (Å²) in [5.74, 6) is 1.23. The lowest BCUT2D eigenvalue weighted by atomic mass is 10.1. The van der Waals surface area contributed by atoms with Gasteiger partial charge >= 0.3 is 0 Å². The highest BCUT2D eigenvalue weighted by Gasteiger charge is 2.26. The van der Waals surface area contributed by atoms with Crippen molar-refractivity contribution in [3.8, 4) is 0 Å². The third kappa shape index (κ3) is 3.81. The zero-order valence-corrected chi connectivity index (χ0v) is 12.7. The Labute approximate surface area is 125 Å². The van der Waals surface area contributed by atoms with Gasteiger partial charge in [-0.15, -0.1) is 5.10 Å². The molecular weight excluding hydrogens is 268 g/mol. The molecule has 0 radical (unpaired) electrons. The third-order valence-electron chi connectivity index (χ3n) is 3.88. The minimum Gasteiger partial charge on any atom is -0.409 e. The first-order chi connectivity index (χ1) is 10.2. The first-order valence-electron chi connectivity index (χ1n) is 7.41. The van der Waals surface area contributed by atoms with Crippen LogP contribution < -0.4 is 10.6 Å². The Balaban J connectivity index is 1.98. The van der Waals surface area contributed by atoms with Gasteiger partial charge < -0.3 is 15.8 Å². The van der Waals surface area contributed by atoms with Crippen molar-refractivity contribution in [3.05, 3.63) is 17.8 Å². The van der Waals surface area contributed by atoms with Crippen molar-refractivity contribution in [1.29, 1.82) is 0 Å². The Morgan fingerprint density at radius 1 is 1.43 bits per heavy atom. The van der Waals surface area contributed by atoms with Crippen LogP contribution in [0.15, 0.2) is 17.4 Å². The van der Waals surface area contributed by atoms with Crippen LogP contribution in [-0.2, 0) is 0 Å². The number of aromatic nitrogens is 2. The standard InChI is InChI=1S/C14H24N6O/c1-3-4-12(14(15)18-21)19-5-7-20(8-6-19)13-9-11(2)10-16-17-13/h9-10,12,21H,3-8H2,1-2H3,(H2,15,18). The highest BCUT2D eigenvalue weighted by atomic mass is 16.4. The maximum Gasteiger partial charge on any atom is 0.156 e. The predicted molar refractivity (Wildman–Crippen MR) is 82.7 cm³/mol. The van der Waals surface area contributed by atoms with Crippen LogP contribution in [0, 0.1) is 6.92 Å². The van der Waals surface area contributed by atoms with Crippen molar-refractivity contribution in [1.82, 2.24) is 15.1 Å². The largest absolute Gasteiger partial charge is 0.409 e. The molecule has 1 saturated heterocycles. The second kappa shape index (κ2) is 7.21. The van der Waals surface area contributed by atoms with Crippen LogP contribution in [0.4, 0.5) is 5.82 Å². The Hall–Kier alpha value is -1.89. The summed E-state index contributed by atoms with van der Waals surface area (Å²) in [6, 6.07) is 2.07. The van der Waals surface area contributed by atoms with Crippen LogP contribution >= 0.6 is 0 Å². The fraction of sp³-hybridized carbons (Fsp3) is 0.643. The molecule has 1 atom stereocenters. The average molecular weight is 292 g/mol. The van der Waals surface area contributed by atoms with E-state index in [0.29, 0.717) is 5.84 Å². The summed E-state index contributed by atoms with van der Waals surface area (Å²) in [7, 11) is 0. The molecule has 7 heteroatoms. The molecule has 0 amide bonds. The van der Waals surface area contributed by atoms with Crippen molar-refractivity contribution in [2.24, 2.45) is 10.9 Å². The van der Waals surface area contributed by atoms with E-state index in [4.69, 9.17) is 10.9 Å². The number of rotatable bonds is 5. The summed E-state index contributed by atoms with van der Waals surface area (Å²) in [4.78, 5) is 4.50. The molecular formula is C14H24N6O. The average Bonchev–Trinajstić information content (AvgIpc) is 2.52. The molecule has 3 N–H and O–H groups in total. The zero-order chi connectivity index (χ0) is 15.2. The Bertz CT molecular complexity index is 484. The van der Waals surface area contributed by atoms with Gasteiger partial charge in [-0.2, -0.15) is 5.10 Å². The summed E-state index contributed by atoms with van der Waals surface area (Å²) in [5.41, 5.74) is 6.94. The summed E-state index contributed by atoms with van der Waals surface area (Å²) < 4.78 is 0. The topological polar surface area (TPSA) is 90.9 Å². The van der Waals surface area contributed by atoms with Crippen molar-refractivity contribution in [2.75, 3.05) is 31.1 Å². The van der Waals surface area contributed by atoms with E-state index < -0.39 is 0 Å². The Kier molecular flexibility index (Phi) is 5.32. The molecule has 0 bridgehead atoms. The van der Waals surface area contributed by atoms with Crippen LogP contribution in [0.1, 0.15) is 25.3 Å². The van der Waals surface area contributed by atoms with Crippen molar-refractivity contribution >= 4 is 11.7 Å². The number of aryl methyl sites for hydroxylation is 1. The predicted octanol–water partition coefficient (Wildman–Crippen LogP) is 0.822. The quantitative estimate of drug-likeness (QED) is 0.361. The van der Waals surface area contributed by atoms with E-state index in [1.165, 1.54) is 0 Å². The van der Waals surface area contributed by atoms with Gasteiger partial charge in [0.15, 0.2) is 11.7 Å². The second-order valence-corrected chi connectivity index (χ2v) is 5.44. The van der Waals surface area contributed by atoms with E-state index in [0.717, 1.165) is 50.4 Å². The van der Waals surface area contributed by atoms with Gasteiger partial charge in [0, 0.05) is 26.2 Å². The smallest absolute Gasteiger partial charge is 0.156 e. The molecule has 0 aliphatic carbocycles. The highest BCUT2D eigenvalue weighted by molar-refractivity contribution is 5.85. The number of piperazine rings is 1. The monoisotopic (exact) mass is 292 g/mol. The fourth-order valence-electron chi connectivity index (χ4n) is 2.72. The van der Waals surface area contributed by atoms with E-state index in [1.54, 1.807) is 6.20 Å². The SMILES string of the molecule is CCCC(/C(N)=N/O)N1CCN(c2cc(C)cnn2)CC1. The van der Waals surface area contributed by atoms with Crippen molar-refractivity contribution < 1.29 is 5.21 Å². The van der Waals surface area contributed by atoms with E-state index in [1.807, 2.05) is 6.92 Å². The zero-order valence-electron chi connectivity index (χ0n) is 12.7. The van der Waals surface area contributed by atoms with Crippen LogP contribution in [0.25, 0.3) is 0 Å². The Morgan fingerprint density at radius 2 is 2.14 bits per heavy atom. The van der Waals surface area contributed by atoms with Crippen molar-refractivity contribution in [3.63, 3.8) is 0 Å². The maximum atomic E-state index is 8.93. The second-order valence-electron chi connectivity index (χ2n) is 5.44. The minimum atomic E-state index is 0.0192. The number of hydrogen-bond acceptors (Lipinski definition) is 6. The van der Waals surface area contributed by atoms with E-state index in [9.17, 15) is 0 Å². The molecule has 1 aromatic heterocycles. The highest BCUT2D eigenvalue weighted by Crippen LogP contribution is 2.16. The van der Waals surface area contributed by atoms with E-state index >= 15 is 0 Å². The molecule has 0 spiro atoms. The van der Waals surface area contributed by atoms with Gasteiger partial charge in [0.25, 0.3) is 0 Å². The number of anilines is 1. The summed E-state index contributed by atoms with van der Waals surface area (Å²) in [6.45, 7) is 7.61. The van der Waals surface area contributed by atoms with Crippen LogP contribution in [0.5, 0.6) is 0 Å².